The number of carbonyl (C=O) groups is 1. The van der Waals surface area contributed by atoms with Crippen molar-refractivity contribution in [3.05, 3.63) is 35.4 Å². The van der Waals surface area contributed by atoms with Crippen molar-refractivity contribution in [3.63, 3.8) is 0 Å². The van der Waals surface area contributed by atoms with Crippen molar-refractivity contribution >= 4 is 5.97 Å². The van der Waals surface area contributed by atoms with Crippen LogP contribution in [0, 0.1) is 0 Å². The number of carboxylic acid groups (broad SMARTS) is 1. The van der Waals surface area contributed by atoms with Gasteiger partial charge in [0.1, 0.15) is 0 Å². The smallest absolute Gasteiger partial charge is 0.304 e. The molecule has 5 N–H and O–H groups in total. The second kappa shape index (κ2) is 5.50. The SMILES string of the molecule is CC(C)(C)c1ccc(C(N)C(N)CC(=O)O)cc1. The van der Waals surface area contributed by atoms with E-state index in [4.69, 9.17) is 16.6 Å². The molecule has 0 fully saturated rings. The van der Waals surface area contributed by atoms with Gasteiger partial charge in [-0.2, -0.15) is 0 Å². The minimum Gasteiger partial charge on any atom is -0.481 e. The van der Waals surface area contributed by atoms with E-state index in [-0.39, 0.29) is 11.8 Å². The van der Waals surface area contributed by atoms with Crippen molar-refractivity contribution < 1.29 is 9.90 Å². The molecular formula is C14H22N2O2. The molecule has 1 aromatic carbocycles. The molecule has 4 nitrogen and oxygen atoms in total. The van der Waals surface area contributed by atoms with Crippen molar-refractivity contribution in [1.29, 1.82) is 0 Å². The highest BCUT2D eigenvalue weighted by Crippen LogP contribution is 2.24. The zero-order valence-corrected chi connectivity index (χ0v) is 11.2. The maximum atomic E-state index is 10.6. The minimum absolute atomic E-state index is 0.0891. The molecule has 1 aromatic rings. The Kier molecular flexibility index (Phi) is 4.48. The molecule has 0 amide bonds. The summed E-state index contributed by atoms with van der Waals surface area (Å²) in [6.45, 7) is 6.41. The molecule has 0 spiro atoms. The van der Waals surface area contributed by atoms with E-state index in [9.17, 15) is 4.79 Å². The highest BCUT2D eigenvalue weighted by atomic mass is 16.4. The van der Waals surface area contributed by atoms with E-state index in [2.05, 4.69) is 20.8 Å². The van der Waals surface area contributed by atoms with Crippen LogP contribution in [0.25, 0.3) is 0 Å². The topological polar surface area (TPSA) is 89.3 Å². The lowest BCUT2D eigenvalue weighted by Gasteiger charge is -2.22. The van der Waals surface area contributed by atoms with Crippen LogP contribution in [-0.4, -0.2) is 17.1 Å². The van der Waals surface area contributed by atoms with Crippen LogP contribution < -0.4 is 11.5 Å². The van der Waals surface area contributed by atoms with E-state index in [1.165, 1.54) is 5.56 Å². The Hall–Kier alpha value is -1.39. The monoisotopic (exact) mass is 250 g/mol. The van der Waals surface area contributed by atoms with Crippen molar-refractivity contribution in [2.45, 2.75) is 44.7 Å². The third-order valence-corrected chi connectivity index (χ3v) is 3.03. The van der Waals surface area contributed by atoms with Crippen molar-refractivity contribution in [2.75, 3.05) is 0 Å². The second-order valence-electron chi connectivity index (χ2n) is 5.66. The maximum absolute atomic E-state index is 10.6. The van der Waals surface area contributed by atoms with Gasteiger partial charge in [-0.25, -0.2) is 0 Å². The normalized spacial score (nSPS) is 15.2. The summed E-state index contributed by atoms with van der Waals surface area (Å²) in [5.74, 6) is -0.927. The summed E-state index contributed by atoms with van der Waals surface area (Å²) in [7, 11) is 0. The van der Waals surface area contributed by atoms with Gasteiger partial charge in [0.15, 0.2) is 0 Å². The molecule has 2 unspecified atom stereocenters. The summed E-state index contributed by atoms with van der Waals surface area (Å²) in [6, 6.07) is 6.86. The fourth-order valence-electron chi connectivity index (χ4n) is 1.78. The van der Waals surface area contributed by atoms with Crippen molar-refractivity contribution in [1.82, 2.24) is 0 Å². The second-order valence-corrected chi connectivity index (χ2v) is 5.66. The summed E-state index contributed by atoms with van der Waals surface area (Å²) in [4.78, 5) is 10.6. The molecule has 0 saturated heterocycles. The Balaban J connectivity index is 2.82. The molecule has 0 aliphatic carbocycles. The summed E-state index contributed by atoms with van der Waals surface area (Å²) in [6.07, 6.45) is -0.123. The molecule has 0 heterocycles. The summed E-state index contributed by atoms with van der Waals surface area (Å²) >= 11 is 0. The standard InChI is InChI=1S/C14H22N2O2/c1-14(2,3)10-6-4-9(5-7-10)13(16)11(15)8-12(17)18/h4-7,11,13H,8,15-16H2,1-3H3,(H,17,18). The lowest BCUT2D eigenvalue weighted by atomic mass is 9.86. The third kappa shape index (κ3) is 3.82. The zero-order valence-electron chi connectivity index (χ0n) is 11.2. The fourth-order valence-corrected chi connectivity index (χ4v) is 1.78. The molecule has 0 aliphatic heterocycles. The number of benzene rings is 1. The van der Waals surface area contributed by atoms with Gasteiger partial charge < -0.3 is 16.6 Å². The molecule has 1 rings (SSSR count). The van der Waals surface area contributed by atoms with E-state index in [0.29, 0.717) is 0 Å². The predicted octanol–water partition coefficient (Wildman–Crippen LogP) is 1.79. The highest BCUT2D eigenvalue weighted by molar-refractivity contribution is 5.67. The zero-order chi connectivity index (χ0) is 13.9. The van der Waals surface area contributed by atoms with E-state index < -0.39 is 18.1 Å². The van der Waals surface area contributed by atoms with Crippen LogP contribution in [0.2, 0.25) is 0 Å². The minimum atomic E-state index is -0.927. The summed E-state index contributed by atoms with van der Waals surface area (Å²) in [5, 5.41) is 8.69. The first-order valence-electron chi connectivity index (χ1n) is 6.05. The van der Waals surface area contributed by atoms with Crippen LogP contribution in [-0.2, 0) is 10.2 Å². The van der Waals surface area contributed by atoms with Gasteiger partial charge in [-0.1, -0.05) is 45.0 Å². The van der Waals surface area contributed by atoms with Gasteiger partial charge in [-0.3, -0.25) is 4.79 Å². The van der Waals surface area contributed by atoms with Crippen molar-refractivity contribution in [3.8, 4) is 0 Å². The third-order valence-electron chi connectivity index (χ3n) is 3.03. The maximum Gasteiger partial charge on any atom is 0.304 e. The first-order chi connectivity index (χ1) is 8.21. The van der Waals surface area contributed by atoms with E-state index in [0.717, 1.165) is 5.56 Å². The molecule has 100 valence electrons. The molecule has 0 bridgehead atoms. The Morgan fingerprint density at radius 1 is 1.22 bits per heavy atom. The summed E-state index contributed by atoms with van der Waals surface area (Å²) < 4.78 is 0. The number of rotatable bonds is 4. The van der Waals surface area contributed by atoms with E-state index in [1.807, 2.05) is 24.3 Å². The van der Waals surface area contributed by atoms with Crippen LogP contribution in [0.5, 0.6) is 0 Å². The van der Waals surface area contributed by atoms with Gasteiger partial charge in [0.05, 0.1) is 6.42 Å². The number of hydrogen-bond donors (Lipinski definition) is 3. The number of aliphatic carboxylic acids is 1. The average molecular weight is 250 g/mol. The van der Waals surface area contributed by atoms with Crippen LogP contribution in [0.15, 0.2) is 24.3 Å². The van der Waals surface area contributed by atoms with Gasteiger partial charge >= 0.3 is 5.97 Å². The van der Waals surface area contributed by atoms with Gasteiger partial charge in [0.25, 0.3) is 0 Å². The van der Waals surface area contributed by atoms with Gasteiger partial charge in [-0.05, 0) is 16.5 Å². The van der Waals surface area contributed by atoms with Crippen LogP contribution in [0.4, 0.5) is 0 Å². The predicted molar refractivity (Wildman–Crippen MR) is 72.3 cm³/mol. The largest absolute Gasteiger partial charge is 0.481 e. The molecule has 2 atom stereocenters. The van der Waals surface area contributed by atoms with Crippen LogP contribution in [0.3, 0.4) is 0 Å². The number of carboxylic acids is 1. The average Bonchev–Trinajstić information content (AvgIpc) is 2.26. The lowest BCUT2D eigenvalue weighted by Crippen LogP contribution is -2.36. The quantitative estimate of drug-likeness (QED) is 0.760. The lowest BCUT2D eigenvalue weighted by molar-refractivity contribution is -0.137. The van der Waals surface area contributed by atoms with E-state index in [1.54, 1.807) is 0 Å². The Morgan fingerprint density at radius 3 is 2.11 bits per heavy atom. The molecule has 4 heteroatoms. The number of nitrogens with two attached hydrogens (primary N) is 2. The molecule has 0 aliphatic rings. The van der Waals surface area contributed by atoms with Gasteiger partial charge in [0, 0.05) is 12.1 Å². The highest BCUT2D eigenvalue weighted by Gasteiger charge is 2.19. The van der Waals surface area contributed by atoms with E-state index >= 15 is 0 Å². The fraction of sp³-hybridized carbons (Fsp3) is 0.500. The number of hydrogen-bond acceptors (Lipinski definition) is 3. The van der Waals surface area contributed by atoms with Gasteiger partial charge in [-0.15, -0.1) is 0 Å². The molecule has 0 saturated carbocycles. The Morgan fingerprint density at radius 2 is 1.72 bits per heavy atom. The molecular weight excluding hydrogens is 228 g/mol. The first kappa shape index (κ1) is 14.7. The van der Waals surface area contributed by atoms with Crippen molar-refractivity contribution in [2.24, 2.45) is 11.5 Å². The summed E-state index contributed by atoms with van der Waals surface area (Å²) in [5.41, 5.74) is 13.9. The van der Waals surface area contributed by atoms with Crippen LogP contribution >= 0.6 is 0 Å². The Labute approximate surface area is 108 Å². The molecule has 0 aromatic heterocycles. The molecule has 18 heavy (non-hydrogen) atoms. The Bertz CT molecular complexity index is 407. The first-order valence-corrected chi connectivity index (χ1v) is 6.05. The van der Waals surface area contributed by atoms with Gasteiger partial charge in [0.2, 0.25) is 0 Å². The van der Waals surface area contributed by atoms with Crippen LogP contribution in [0.1, 0.15) is 44.4 Å². The molecule has 0 radical (unpaired) electrons.